The quantitative estimate of drug-likeness (QED) is 0.0305. The molecule has 2 aliphatic rings. The monoisotopic (exact) mass is 1030 g/mol. The zero-order chi connectivity index (χ0) is 50.4. The average molecular weight is 1030 g/mol. The molecular formula is C44H61N2O18S4+. The van der Waals surface area contributed by atoms with E-state index < -0.39 is 78.6 Å². The number of methoxy groups -OCH3 is 1. The molecule has 0 bridgehead atoms. The standard InChI is InChI=1S/C44H60N2O18S4/c1-43(19-30-65(49,50)51)36-32-34(67(55,56)57)15-17-38(36)45(21-11-7-10-14-42(47)48)40(43)12-8-5-4-6-9-13-41-44(2,20-31-66(52,53)54)37-33-35(68(58,59)60)16-18-39(37)46(41)22-23-62-26-27-64-29-28-63-25-24-61-3/h4-6,8-9,12-13,15-18,32-33H,7,10-11,14,19-31H2,1-3H3,(H4-,47,48,49,50,51,52,53,54,55,56,57,58,59,60)/p+1. The van der Waals surface area contributed by atoms with Crippen molar-refractivity contribution in [2.24, 2.45) is 0 Å². The maximum Gasteiger partial charge on any atom is 0.303 e. The van der Waals surface area contributed by atoms with Crippen molar-refractivity contribution in [3.05, 3.63) is 95.8 Å². The Morgan fingerprint density at radius 1 is 0.662 bits per heavy atom. The molecule has 4 rings (SSSR count). The van der Waals surface area contributed by atoms with E-state index in [-0.39, 0.29) is 45.6 Å². The van der Waals surface area contributed by atoms with Gasteiger partial charge in [-0.2, -0.15) is 38.2 Å². The zero-order valence-corrected chi connectivity index (χ0v) is 41.4. The number of fused-ring (bicyclic) bond motifs is 2. The maximum atomic E-state index is 12.2. The van der Waals surface area contributed by atoms with Gasteiger partial charge in [-0.3, -0.25) is 23.0 Å². The molecule has 0 aliphatic carbocycles. The fraction of sp³-hybridized carbons (Fsp3) is 0.500. The van der Waals surface area contributed by atoms with Gasteiger partial charge in [0, 0.05) is 61.0 Å². The first-order valence-electron chi connectivity index (χ1n) is 21.5. The molecule has 0 radical (unpaired) electrons. The van der Waals surface area contributed by atoms with Crippen molar-refractivity contribution in [2.75, 3.05) is 82.9 Å². The predicted molar refractivity (Wildman–Crippen MR) is 252 cm³/mol. The molecule has 2 unspecified atom stereocenters. The zero-order valence-electron chi connectivity index (χ0n) is 38.1. The summed E-state index contributed by atoms with van der Waals surface area (Å²) < 4.78 is 160. The Bertz CT molecular complexity index is 2710. The summed E-state index contributed by atoms with van der Waals surface area (Å²) in [5, 5.41) is 9.11. The number of hydrogen-bond acceptors (Lipinski definition) is 14. The Morgan fingerprint density at radius 2 is 1.19 bits per heavy atom. The number of unbranched alkanes of at least 4 members (excludes halogenated alkanes) is 2. The number of benzene rings is 2. The third kappa shape index (κ3) is 16.2. The van der Waals surface area contributed by atoms with Crippen molar-refractivity contribution >= 4 is 63.5 Å². The van der Waals surface area contributed by atoms with Gasteiger partial charge in [0.1, 0.15) is 6.54 Å². The van der Waals surface area contributed by atoms with E-state index in [4.69, 9.17) is 24.1 Å². The van der Waals surface area contributed by atoms with E-state index in [1.54, 1.807) is 63.5 Å². The van der Waals surface area contributed by atoms with Gasteiger partial charge in [-0.05, 0) is 81.5 Å². The number of carboxylic acids is 1. The van der Waals surface area contributed by atoms with Crippen molar-refractivity contribution in [1.82, 2.24) is 0 Å². The summed E-state index contributed by atoms with van der Waals surface area (Å²) >= 11 is 0. The summed E-state index contributed by atoms with van der Waals surface area (Å²) in [7, 11) is -16.7. The highest BCUT2D eigenvalue weighted by Gasteiger charge is 2.49. The number of carbonyl (C=O) groups is 1. The number of ether oxygens (including phenoxy) is 4. The van der Waals surface area contributed by atoms with Gasteiger partial charge in [0.05, 0.1) is 73.0 Å². The molecule has 0 saturated heterocycles. The Morgan fingerprint density at radius 3 is 1.76 bits per heavy atom. The summed E-state index contributed by atoms with van der Waals surface area (Å²) in [5.74, 6) is -2.29. The Hall–Kier alpha value is -4.18. The molecule has 24 heteroatoms. The van der Waals surface area contributed by atoms with E-state index in [0.717, 1.165) is 0 Å². The van der Waals surface area contributed by atoms with Gasteiger partial charge in [-0.15, -0.1) is 0 Å². The first kappa shape index (κ1) is 56.4. The molecule has 68 heavy (non-hydrogen) atoms. The fourth-order valence-corrected chi connectivity index (χ4v) is 10.5. The number of carboxylic acid groups (broad SMARTS) is 1. The number of hydrogen-bond donors (Lipinski definition) is 5. The summed E-state index contributed by atoms with van der Waals surface area (Å²) in [6.45, 7) is 6.23. The normalized spacial score (nSPS) is 19.6. The van der Waals surface area contributed by atoms with Gasteiger partial charge in [-0.25, -0.2) is 0 Å². The van der Waals surface area contributed by atoms with E-state index in [1.165, 1.54) is 36.4 Å². The van der Waals surface area contributed by atoms with Crippen LogP contribution in [-0.2, 0) is 75.0 Å². The lowest BCUT2D eigenvalue weighted by atomic mass is 9.77. The van der Waals surface area contributed by atoms with Crippen LogP contribution < -0.4 is 4.90 Å². The highest BCUT2D eigenvalue weighted by Crippen LogP contribution is 2.51. The highest BCUT2D eigenvalue weighted by atomic mass is 32.2. The number of aliphatic carboxylic acids is 1. The molecule has 0 spiro atoms. The lowest BCUT2D eigenvalue weighted by Crippen LogP contribution is -2.33. The maximum absolute atomic E-state index is 12.2. The van der Waals surface area contributed by atoms with Crippen molar-refractivity contribution in [1.29, 1.82) is 0 Å². The lowest BCUT2D eigenvalue weighted by Gasteiger charge is -2.30. The number of allylic oxidation sites excluding steroid dienone is 8. The minimum Gasteiger partial charge on any atom is -0.481 e. The molecule has 5 N–H and O–H groups in total. The van der Waals surface area contributed by atoms with Crippen LogP contribution in [0.5, 0.6) is 0 Å². The van der Waals surface area contributed by atoms with Crippen LogP contribution in [0.4, 0.5) is 11.4 Å². The third-order valence-electron chi connectivity index (χ3n) is 11.6. The number of nitrogens with zero attached hydrogens (tertiary/aromatic N) is 2. The van der Waals surface area contributed by atoms with Crippen LogP contribution in [0.1, 0.15) is 63.5 Å². The second kappa shape index (κ2) is 24.6. The second-order valence-electron chi connectivity index (χ2n) is 16.4. The molecule has 2 aromatic carbocycles. The molecule has 378 valence electrons. The van der Waals surface area contributed by atoms with Crippen molar-refractivity contribution in [3.8, 4) is 0 Å². The van der Waals surface area contributed by atoms with Gasteiger partial charge in [-0.1, -0.05) is 30.4 Å². The fourth-order valence-electron chi connectivity index (χ4n) is 8.11. The van der Waals surface area contributed by atoms with Gasteiger partial charge in [0.25, 0.3) is 40.5 Å². The predicted octanol–water partition coefficient (Wildman–Crippen LogP) is 4.76. The van der Waals surface area contributed by atoms with E-state index in [9.17, 15) is 56.7 Å². The molecule has 0 aromatic heterocycles. The Kier molecular flexibility index (Phi) is 20.4. The largest absolute Gasteiger partial charge is 0.481 e. The molecule has 2 aromatic rings. The topological polar surface area (TPSA) is 298 Å². The first-order valence-corrected chi connectivity index (χ1v) is 27.6. The molecule has 2 heterocycles. The van der Waals surface area contributed by atoms with Gasteiger partial charge in [0.2, 0.25) is 5.69 Å². The number of anilines is 1. The summed E-state index contributed by atoms with van der Waals surface area (Å²) in [5.41, 5.74) is 0.471. The summed E-state index contributed by atoms with van der Waals surface area (Å²) in [4.78, 5) is 12.1. The Labute approximate surface area is 398 Å². The lowest BCUT2D eigenvalue weighted by molar-refractivity contribution is -0.438. The second-order valence-corrected chi connectivity index (χ2v) is 22.4. The van der Waals surface area contributed by atoms with Crippen LogP contribution in [-0.4, -0.2) is 151 Å². The van der Waals surface area contributed by atoms with E-state index >= 15 is 0 Å². The van der Waals surface area contributed by atoms with Crippen LogP contribution in [0.2, 0.25) is 0 Å². The molecule has 0 saturated carbocycles. The summed E-state index contributed by atoms with van der Waals surface area (Å²) in [6, 6.07) is 7.98. The highest BCUT2D eigenvalue weighted by molar-refractivity contribution is 7.86. The van der Waals surface area contributed by atoms with E-state index in [0.29, 0.717) is 86.1 Å². The first-order chi connectivity index (χ1) is 31.8. The molecule has 2 atom stereocenters. The van der Waals surface area contributed by atoms with Crippen LogP contribution in [0, 0.1) is 0 Å². The van der Waals surface area contributed by atoms with Crippen LogP contribution in [0.25, 0.3) is 0 Å². The van der Waals surface area contributed by atoms with Gasteiger partial charge in [0.15, 0.2) is 5.71 Å². The van der Waals surface area contributed by atoms with Crippen molar-refractivity contribution < 1.29 is 85.3 Å². The molecule has 0 fully saturated rings. The van der Waals surface area contributed by atoms with Crippen molar-refractivity contribution in [3.63, 3.8) is 0 Å². The molecule has 2 aliphatic heterocycles. The van der Waals surface area contributed by atoms with E-state index in [2.05, 4.69) is 0 Å². The smallest absolute Gasteiger partial charge is 0.303 e. The molecule has 0 amide bonds. The van der Waals surface area contributed by atoms with Gasteiger partial charge < -0.3 is 29.0 Å². The van der Waals surface area contributed by atoms with Crippen molar-refractivity contribution in [2.45, 2.75) is 73.0 Å². The molecular weight excluding hydrogens is 973 g/mol. The SMILES string of the molecule is COCCOCCOCCOCCN1/C(=C/C=C/C=C/C=C/C2=[N+](CCCCCC(=O)O)c3ccc(S(=O)(=O)O)cc3C2(C)CCS(=O)(=O)O)C(C)(CCS(=O)(=O)O)c2cc(S(=O)(=O)O)ccc21. The van der Waals surface area contributed by atoms with Crippen LogP contribution in [0.3, 0.4) is 0 Å². The van der Waals surface area contributed by atoms with Crippen LogP contribution in [0.15, 0.2) is 94.4 Å². The minimum absolute atomic E-state index is 0.0343. The summed E-state index contributed by atoms with van der Waals surface area (Å²) in [6.07, 6.45) is 12.7. The average Bonchev–Trinajstić information content (AvgIpc) is 3.62. The van der Waals surface area contributed by atoms with Crippen LogP contribution >= 0.6 is 0 Å². The minimum atomic E-state index is -4.67. The van der Waals surface area contributed by atoms with Gasteiger partial charge >= 0.3 is 5.97 Å². The number of rotatable bonds is 30. The van der Waals surface area contributed by atoms with E-state index in [1.807, 2.05) is 9.48 Å². The molecule has 20 nitrogen and oxygen atoms in total. The third-order valence-corrected chi connectivity index (χ3v) is 14.7. The Balaban J connectivity index is 1.67.